The SMILES string of the molecule is COc1ccc2c(c1)c(C(=O)N/N=C/c1cc(Br)ccc1O)c(C)n2C. The van der Waals surface area contributed by atoms with E-state index in [0.29, 0.717) is 16.9 Å². The molecule has 3 aromatic rings. The molecular formula is C19H18BrN3O3. The van der Waals surface area contributed by atoms with Crippen LogP contribution in [-0.2, 0) is 7.05 Å². The van der Waals surface area contributed by atoms with Crippen LogP contribution in [0.3, 0.4) is 0 Å². The second-order valence-electron chi connectivity index (χ2n) is 5.80. The maximum absolute atomic E-state index is 12.7. The van der Waals surface area contributed by atoms with Crippen LogP contribution in [0.5, 0.6) is 11.5 Å². The van der Waals surface area contributed by atoms with Gasteiger partial charge in [-0.2, -0.15) is 5.10 Å². The molecule has 0 spiro atoms. The molecule has 26 heavy (non-hydrogen) atoms. The van der Waals surface area contributed by atoms with Gasteiger partial charge in [0.1, 0.15) is 11.5 Å². The number of ether oxygens (including phenoxy) is 1. The zero-order valence-corrected chi connectivity index (χ0v) is 16.2. The van der Waals surface area contributed by atoms with Crippen LogP contribution < -0.4 is 10.2 Å². The molecule has 1 amide bonds. The molecule has 0 unspecified atom stereocenters. The first-order valence-electron chi connectivity index (χ1n) is 7.87. The highest BCUT2D eigenvalue weighted by atomic mass is 79.9. The van der Waals surface area contributed by atoms with Gasteiger partial charge >= 0.3 is 0 Å². The largest absolute Gasteiger partial charge is 0.507 e. The highest BCUT2D eigenvalue weighted by molar-refractivity contribution is 9.10. The van der Waals surface area contributed by atoms with Crippen LogP contribution in [0, 0.1) is 6.92 Å². The lowest BCUT2D eigenvalue weighted by molar-refractivity contribution is 0.0956. The summed E-state index contributed by atoms with van der Waals surface area (Å²) in [6, 6.07) is 10.6. The van der Waals surface area contributed by atoms with Crippen molar-refractivity contribution < 1.29 is 14.6 Å². The smallest absolute Gasteiger partial charge is 0.273 e. The Morgan fingerprint density at radius 2 is 2.08 bits per heavy atom. The average Bonchev–Trinajstić information content (AvgIpc) is 2.88. The topological polar surface area (TPSA) is 75.8 Å². The molecule has 6 nitrogen and oxygen atoms in total. The number of aromatic hydroxyl groups is 1. The van der Waals surface area contributed by atoms with Gasteiger partial charge in [0.2, 0.25) is 0 Å². The average molecular weight is 416 g/mol. The van der Waals surface area contributed by atoms with Crippen molar-refractivity contribution in [1.29, 1.82) is 0 Å². The third kappa shape index (κ3) is 3.30. The van der Waals surface area contributed by atoms with Gasteiger partial charge in [-0.3, -0.25) is 4.79 Å². The molecule has 2 N–H and O–H groups in total. The molecule has 2 aromatic carbocycles. The number of phenols is 1. The summed E-state index contributed by atoms with van der Waals surface area (Å²) in [5, 5.41) is 14.6. The number of halogens is 1. The van der Waals surface area contributed by atoms with Gasteiger partial charge < -0.3 is 14.4 Å². The second kappa shape index (κ2) is 7.21. The van der Waals surface area contributed by atoms with E-state index >= 15 is 0 Å². The van der Waals surface area contributed by atoms with Crippen molar-refractivity contribution in [3.05, 3.63) is 57.7 Å². The van der Waals surface area contributed by atoms with Crippen LogP contribution in [0.1, 0.15) is 21.6 Å². The van der Waals surface area contributed by atoms with Gasteiger partial charge in [-0.1, -0.05) is 15.9 Å². The van der Waals surface area contributed by atoms with Crippen molar-refractivity contribution in [3.63, 3.8) is 0 Å². The number of phenolic OH excluding ortho intramolecular Hbond substituents is 1. The predicted molar refractivity (Wildman–Crippen MR) is 105 cm³/mol. The summed E-state index contributed by atoms with van der Waals surface area (Å²) >= 11 is 3.33. The highest BCUT2D eigenvalue weighted by Gasteiger charge is 2.18. The predicted octanol–water partition coefficient (Wildman–Crippen LogP) is 3.73. The number of rotatable bonds is 4. The summed E-state index contributed by atoms with van der Waals surface area (Å²) in [5.41, 5.74) is 5.32. The molecule has 3 rings (SSSR count). The van der Waals surface area contributed by atoms with E-state index in [1.807, 2.05) is 36.7 Å². The second-order valence-corrected chi connectivity index (χ2v) is 6.72. The van der Waals surface area contributed by atoms with Gasteiger partial charge in [0.05, 0.1) is 18.9 Å². The Morgan fingerprint density at radius 3 is 2.81 bits per heavy atom. The minimum Gasteiger partial charge on any atom is -0.507 e. The minimum atomic E-state index is -0.327. The van der Waals surface area contributed by atoms with E-state index in [1.54, 1.807) is 25.3 Å². The van der Waals surface area contributed by atoms with Gasteiger partial charge in [-0.05, 0) is 43.3 Å². The number of nitrogens with zero attached hydrogens (tertiary/aromatic N) is 2. The lowest BCUT2D eigenvalue weighted by atomic mass is 10.1. The lowest BCUT2D eigenvalue weighted by Crippen LogP contribution is -2.18. The molecular weight excluding hydrogens is 398 g/mol. The molecule has 1 heterocycles. The fourth-order valence-electron chi connectivity index (χ4n) is 2.81. The molecule has 0 aliphatic rings. The number of hydrazone groups is 1. The van der Waals surface area contributed by atoms with Crippen molar-refractivity contribution >= 4 is 39.0 Å². The molecule has 0 fully saturated rings. The van der Waals surface area contributed by atoms with Crippen LogP contribution >= 0.6 is 15.9 Å². The van der Waals surface area contributed by atoms with Gasteiger partial charge in [-0.25, -0.2) is 5.43 Å². The van der Waals surface area contributed by atoms with Crippen LogP contribution in [0.15, 0.2) is 46.0 Å². The summed E-state index contributed by atoms with van der Waals surface area (Å²) in [5.74, 6) is 0.434. The highest BCUT2D eigenvalue weighted by Crippen LogP contribution is 2.28. The number of benzene rings is 2. The van der Waals surface area contributed by atoms with E-state index in [9.17, 15) is 9.90 Å². The number of methoxy groups -OCH3 is 1. The first-order chi connectivity index (χ1) is 12.4. The maximum Gasteiger partial charge on any atom is 0.273 e. The first-order valence-corrected chi connectivity index (χ1v) is 8.66. The van der Waals surface area contributed by atoms with Crippen molar-refractivity contribution in [2.24, 2.45) is 12.1 Å². The normalized spacial score (nSPS) is 11.2. The third-order valence-corrected chi connectivity index (χ3v) is 4.78. The Morgan fingerprint density at radius 1 is 1.31 bits per heavy atom. The fourth-order valence-corrected chi connectivity index (χ4v) is 3.19. The summed E-state index contributed by atoms with van der Waals surface area (Å²) in [6.45, 7) is 1.88. The number of carbonyl (C=O) groups is 1. The van der Waals surface area contributed by atoms with Gasteiger partial charge in [-0.15, -0.1) is 0 Å². The molecule has 1 aromatic heterocycles. The Kier molecular flexibility index (Phi) is 4.99. The number of aryl methyl sites for hydroxylation is 1. The van der Waals surface area contributed by atoms with Crippen molar-refractivity contribution in [2.45, 2.75) is 6.92 Å². The number of hydrogen-bond acceptors (Lipinski definition) is 4. The first kappa shape index (κ1) is 18.0. The van der Waals surface area contributed by atoms with E-state index in [-0.39, 0.29) is 11.7 Å². The third-order valence-electron chi connectivity index (χ3n) is 4.29. The lowest BCUT2D eigenvalue weighted by Gasteiger charge is -2.03. The maximum atomic E-state index is 12.7. The van der Waals surface area contributed by atoms with E-state index in [2.05, 4.69) is 26.5 Å². The quantitative estimate of drug-likeness (QED) is 0.503. The number of nitrogens with one attached hydrogen (secondary N) is 1. The minimum absolute atomic E-state index is 0.0808. The monoisotopic (exact) mass is 415 g/mol. The Bertz CT molecular complexity index is 1020. The number of carbonyl (C=O) groups excluding carboxylic acids is 1. The zero-order valence-electron chi connectivity index (χ0n) is 14.6. The van der Waals surface area contributed by atoms with E-state index in [1.165, 1.54) is 6.21 Å². The van der Waals surface area contributed by atoms with Gasteiger partial charge in [0, 0.05) is 33.7 Å². The molecule has 0 bridgehead atoms. The summed E-state index contributed by atoms with van der Waals surface area (Å²) in [4.78, 5) is 12.7. The molecule has 0 atom stereocenters. The standard InChI is InChI=1S/C19H18BrN3O3/c1-11-18(15-9-14(26-3)5-6-16(15)23(11)2)19(25)22-21-10-12-8-13(20)4-7-17(12)24/h4-10,24H,1-3H3,(H,22,25)/b21-10+. The van der Waals surface area contributed by atoms with E-state index < -0.39 is 0 Å². The number of aromatic nitrogens is 1. The number of fused-ring (bicyclic) bond motifs is 1. The summed E-state index contributed by atoms with van der Waals surface area (Å²) in [7, 11) is 3.50. The molecule has 134 valence electrons. The van der Waals surface area contributed by atoms with Crippen molar-refractivity contribution in [1.82, 2.24) is 9.99 Å². The van der Waals surface area contributed by atoms with Crippen molar-refractivity contribution in [3.8, 4) is 11.5 Å². The van der Waals surface area contributed by atoms with Crippen LogP contribution in [0.25, 0.3) is 10.9 Å². The fraction of sp³-hybridized carbons (Fsp3) is 0.158. The Hall–Kier alpha value is -2.80. The number of amides is 1. The molecule has 0 saturated carbocycles. The van der Waals surface area contributed by atoms with Crippen LogP contribution in [0.2, 0.25) is 0 Å². The molecule has 0 saturated heterocycles. The van der Waals surface area contributed by atoms with E-state index in [0.717, 1.165) is 21.1 Å². The molecule has 0 aliphatic carbocycles. The molecule has 0 radical (unpaired) electrons. The van der Waals surface area contributed by atoms with Gasteiger partial charge in [0.25, 0.3) is 5.91 Å². The van der Waals surface area contributed by atoms with Crippen LogP contribution in [0.4, 0.5) is 0 Å². The Balaban J connectivity index is 1.91. The molecule has 0 aliphatic heterocycles. The zero-order chi connectivity index (χ0) is 18.8. The summed E-state index contributed by atoms with van der Waals surface area (Å²) in [6.07, 6.45) is 1.40. The van der Waals surface area contributed by atoms with Crippen molar-refractivity contribution in [2.75, 3.05) is 7.11 Å². The number of hydrogen-bond donors (Lipinski definition) is 2. The molecule has 7 heteroatoms. The van der Waals surface area contributed by atoms with Crippen LogP contribution in [-0.4, -0.2) is 28.9 Å². The van der Waals surface area contributed by atoms with E-state index in [4.69, 9.17) is 4.74 Å². The van der Waals surface area contributed by atoms with Gasteiger partial charge in [0.15, 0.2) is 0 Å². The summed E-state index contributed by atoms with van der Waals surface area (Å²) < 4.78 is 8.02. The Labute approximate surface area is 159 Å².